The number of hydrogen-bond donors (Lipinski definition) is 1. The SMILES string of the molecule is CC(C)(C)c1cc(-c2c(Br)cccc2C(C)(C)O)cc(C(C)(C)C)c1. The van der Waals surface area contributed by atoms with Crippen LogP contribution in [0, 0.1) is 0 Å². The van der Waals surface area contributed by atoms with E-state index in [9.17, 15) is 5.11 Å². The zero-order valence-corrected chi connectivity index (χ0v) is 18.4. The van der Waals surface area contributed by atoms with Crippen molar-refractivity contribution in [2.24, 2.45) is 0 Å². The molecule has 0 heterocycles. The van der Waals surface area contributed by atoms with Gasteiger partial charge in [-0.25, -0.2) is 0 Å². The van der Waals surface area contributed by atoms with Crippen LogP contribution in [0.15, 0.2) is 40.9 Å². The summed E-state index contributed by atoms with van der Waals surface area (Å²) in [5, 5.41) is 10.7. The number of rotatable bonds is 2. The van der Waals surface area contributed by atoms with E-state index in [1.165, 1.54) is 11.1 Å². The molecule has 0 saturated carbocycles. The van der Waals surface area contributed by atoms with Crippen LogP contribution in [0.2, 0.25) is 0 Å². The molecule has 1 N–H and O–H groups in total. The van der Waals surface area contributed by atoms with E-state index in [2.05, 4.69) is 75.7 Å². The van der Waals surface area contributed by atoms with Crippen LogP contribution in [0.3, 0.4) is 0 Å². The first-order chi connectivity index (χ1) is 11.2. The second-order valence-corrected chi connectivity index (χ2v) is 10.4. The Balaban J connectivity index is 2.85. The summed E-state index contributed by atoms with van der Waals surface area (Å²) in [6.07, 6.45) is 0. The molecule has 0 radical (unpaired) electrons. The van der Waals surface area contributed by atoms with Crippen molar-refractivity contribution >= 4 is 15.9 Å². The first kappa shape index (κ1) is 20.2. The third-order valence-electron chi connectivity index (χ3n) is 4.63. The van der Waals surface area contributed by atoms with Crippen molar-refractivity contribution < 1.29 is 5.11 Å². The quantitative estimate of drug-likeness (QED) is 0.576. The Hall–Kier alpha value is -1.12. The Kier molecular flexibility index (Phi) is 5.29. The summed E-state index contributed by atoms with van der Waals surface area (Å²) in [5.41, 5.74) is 5.01. The lowest BCUT2D eigenvalue weighted by atomic mass is 9.78. The van der Waals surface area contributed by atoms with E-state index in [0.29, 0.717) is 0 Å². The zero-order valence-electron chi connectivity index (χ0n) is 16.8. The van der Waals surface area contributed by atoms with Crippen LogP contribution in [0.25, 0.3) is 11.1 Å². The van der Waals surface area contributed by atoms with Crippen LogP contribution in [0.1, 0.15) is 72.1 Å². The van der Waals surface area contributed by atoms with Gasteiger partial charge in [0, 0.05) is 10.0 Å². The summed E-state index contributed by atoms with van der Waals surface area (Å²) in [6.45, 7) is 17.2. The Morgan fingerprint density at radius 1 is 0.760 bits per heavy atom. The highest BCUT2D eigenvalue weighted by atomic mass is 79.9. The molecule has 0 amide bonds. The molecule has 0 atom stereocenters. The third kappa shape index (κ3) is 4.54. The molecule has 136 valence electrons. The zero-order chi connectivity index (χ0) is 19.2. The number of halogens is 1. The number of hydrogen-bond acceptors (Lipinski definition) is 1. The predicted octanol–water partition coefficient (Wildman–Crippen LogP) is 6.94. The monoisotopic (exact) mass is 402 g/mol. The van der Waals surface area contributed by atoms with Gasteiger partial charge in [-0.05, 0) is 53.0 Å². The van der Waals surface area contributed by atoms with E-state index in [1.54, 1.807) is 0 Å². The van der Waals surface area contributed by atoms with Crippen LogP contribution < -0.4 is 0 Å². The van der Waals surface area contributed by atoms with E-state index in [-0.39, 0.29) is 10.8 Å². The molecule has 0 aromatic heterocycles. The van der Waals surface area contributed by atoms with E-state index in [1.807, 2.05) is 32.0 Å². The second kappa shape index (κ2) is 6.55. The van der Waals surface area contributed by atoms with Crippen molar-refractivity contribution in [3.63, 3.8) is 0 Å². The van der Waals surface area contributed by atoms with Gasteiger partial charge in [-0.1, -0.05) is 87.8 Å². The number of benzene rings is 2. The van der Waals surface area contributed by atoms with Gasteiger partial charge < -0.3 is 5.11 Å². The van der Waals surface area contributed by atoms with Gasteiger partial charge in [0.25, 0.3) is 0 Å². The number of aliphatic hydroxyl groups is 1. The minimum absolute atomic E-state index is 0.0617. The van der Waals surface area contributed by atoms with Crippen LogP contribution >= 0.6 is 15.9 Å². The van der Waals surface area contributed by atoms with Crippen molar-refractivity contribution in [2.75, 3.05) is 0 Å². The van der Waals surface area contributed by atoms with Crippen LogP contribution in [0.5, 0.6) is 0 Å². The van der Waals surface area contributed by atoms with Crippen molar-refractivity contribution in [1.82, 2.24) is 0 Å². The molecule has 0 saturated heterocycles. The fourth-order valence-corrected chi connectivity index (χ4v) is 3.56. The smallest absolute Gasteiger partial charge is 0.0846 e. The van der Waals surface area contributed by atoms with Gasteiger partial charge in [0.15, 0.2) is 0 Å². The highest BCUT2D eigenvalue weighted by Gasteiger charge is 2.25. The molecule has 2 heteroatoms. The highest BCUT2D eigenvalue weighted by Crippen LogP contribution is 2.40. The van der Waals surface area contributed by atoms with Gasteiger partial charge in [0.1, 0.15) is 0 Å². The topological polar surface area (TPSA) is 20.2 Å². The fraction of sp³-hybridized carbons (Fsp3) is 0.478. The summed E-state index contributed by atoms with van der Waals surface area (Å²) in [7, 11) is 0. The molecule has 0 aliphatic rings. The minimum atomic E-state index is -0.904. The summed E-state index contributed by atoms with van der Waals surface area (Å²) in [6, 6.07) is 12.9. The Morgan fingerprint density at radius 2 is 1.24 bits per heavy atom. The maximum atomic E-state index is 10.7. The summed E-state index contributed by atoms with van der Waals surface area (Å²) >= 11 is 3.72. The molecule has 0 unspecified atom stereocenters. The molecular formula is C23H31BrO. The van der Waals surface area contributed by atoms with Gasteiger partial charge >= 0.3 is 0 Å². The third-order valence-corrected chi connectivity index (χ3v) is 5.29. The molecule has 2 aromatic carbocycles. The molecule has 0 spiro atoms. The molecular weight excluding hydrogens is 372 g/mol. The van der Waals surface area contributed by atoms with Crippen LogP contribution in [-0.2, 0) is 16.4 Å². The van der Waals surface area contributed by atoms with E-state index < -0.39 is 5.60 Å². The standard InChI is InChI=1S/C23H31BrO/c1-21(2,3)16-12-15(13-17(14-16)22(4,5)6)20-18(23(7,8)25)10-9-11-19(20)24/h9-14,25H,1-8H3. The molecule has 2 rings (SSSR count). The normalized spacial score (nSPS) is 13.2. The van der Waals surface area contributed by atoms with Gasteiger partial charge in [0.2, 0.25) is 0 Å². The first-order valence-corrected chi connectivity index (χ1v) is 9.68. The maximum absolute atomic E-state index is 10.7. The van der Waals surface area contributed by atoms with Crippen LogP contribution in [-0.4, -0.2) is 5.11 Å². The van der Waals surface area contributed by atoms with Gasteiger partial charge in [-0.15, -0.1) is 0 Å². The fourth-order valence-electron chi connectivity index (χ4n) is 2.97. The highest BCUT2D eigenvalue weighted by molar-refractivity contribution is 9.10. The van der Waals surface area contributed by atoms with Gasteiger partial charge in [-0.3, -0.25) is 0 Å². The molecule has 2 aromatic rings. The van der Waals surface area contributed by atoms with Gasteiger partial charge in [0.05, 0.1) is 5.60 Å². The molecule has 0 aliphatic heterocycles. The summed E-state index contributed by atoms with van der Waals surface area (Å²) in [4.78, 5) is 0. The minimum Gasteiger partial charge on any atom is -0.386 e. The lowest BCUT2D eigenvalue weighted by Crippen LogP contribution is -2.19. The van der Waals surface area contributed by atoms with E-state index >= 15 is 0 Å². The Bertz CT molecular complexity index is 736. The Labute approximate surface area is 161 Å². The van der Waals surface area contributed by atoms with Crippen molar-refractivity contribution in [2.45, 2.75) is 71.8 Å². The first-order valence-electron chi connectivity index (χ1n) is 8.89. The molecule has 25 heavy (non-hydrogen) atoms. The Morgan fingerprint density at radius 3 is 1.64 bits per heavy atom. The lowest BCUT2D eigenvalue weighted by Gasteiger charge is -2.28. The molecule has 0 aliphatic carbocycles. The second-order valence-electron chi connectivity index (χ2n) is 9.52. The maximum Gasteiger partial charge on any atom is 0.0846 e. The summed E-state index contributed by atoms with van der Waals surface area (Å²) < 4.78 is 1.01. The lowest BCUT2D eigenvalue weighted by molar-refractivity contribution is 0.0791. The van der Waals surface area contributed by atoms with Crippen molar-refractivity contribution in [3.05, 3.63) is 57.6 Å². The molecule has 0 fully saturated rings. The van der Waals surface area contributed by atoms with E-state index in [4.69, 9.17) is 0 Å². The predicted molar refractivity (Wildman–Crippen MR) is 112 cm³/mol. The van der Waals surface area contributed by atoms with Crippen molar-refractivity contribution in [1.29, 1.82) is 0 Å². The largest absolute Gasteiger partial charge is 0.386 e. The van der Waals surface area contributed by atoms with Crippen LogP contribution in [0.4, 0.5) is 0 Å². The summed E-state index contributed by atoms with van der Waals surface area (Å²) in [5.74, 6) is 0. The molecule has 0 bridgehead atoms. The van der Waals surface area contributed by atoms with E-state index in [0.717, 1.165) is 21.2 Å². The molecule has 1 nitrogen and oxygen atoms in total. The van der Waals surface area contributed by atoms with Crippen molar-refractivity contribution in [3.8, 4) is 11.1 Å². The average molecular weight is 403 g/mol. The van der Waals surface area contributed by atoms with Gasteiger partial charge in [-0.2, -0.15) is 0 Å². The average Bonchev–Trinajstić information content (AvgIpc) is 2.43.